The van der Waals surface area contributed by atoms with Crippen LogP contribution in [0.2, 0.25) is 0 Å². The van der Waals surface area contributed by atoms with Crippen LogP contribution < -0.4 is 5.43 Å². The minimum atomic E-state index is 0.0763. The van der Waals surface area contributed by atoms with Gasteiger partial charge in [0.1, 0.15) is 0 Å². The molecule has 0 amide bonds. The SMILES string of the molecule is CC(C)C1=NNC(C(C)C)O1. The van der Waals surface area contributed by atoms with E-state index in [1.165, 1.54) is 0 Å². The summed E-state index contributed by atoms with van der Waals surface area (Å²) in [7, 11) is 0. The van der Waals surface area contributed by atoms with Crippen LogP contribution in [0.3, 0.4) is 0 Å². The highest BCUT2D eigenvalue weighted by Gasteiger charge is 2.23. The number of hydrogen-bond donors (Lipinski definition) is 1. The van der Waals surface area contributed by atoms with Crippen molar-refractivity contribution in [3.63, 3.8) is 0 Å². The Bertz CT molecular complexity index is 163. The van der Waals surface area contributed by atoms with Gasteiger partial charge in [0.25, 0.3) is 0 Å². The van der Waals surface area contributed by atoms with E-state index >= 15 is 0 Å². The lowest BCUT2D eigenvalue weighted by Gasteiger charge is -2.15. The first kappa shape index (κ1) is 8.37. The summed E-state index contributed by atoms with van der Waals surface area (Å²) < 4.78 is 5.52. The van der Waals surface area contributed by atoms with Crippen LogP contribution in [0.5, 0.6) is 0 Å². The van der Waals surface area contributed by atoms with Crippen molar-refractivity contribution in [3.8, 4) is 0 Å². The van der Waals surface area contributed by atoms with Crippen LogP contribution >= 0.6 is 0 Å². The molecule has 0 aromatic heterocycles. The van der Waals surface area contributed by atoms with Gasteiger partial charge >= 0.3 is 0 Å². The summed E-state index contributed by atoms with van der Waals surface area (Å²) in [5, 5.41) is 4.08. The molecule has 1 heterocycles. The first-order valence-electron chi connectivity index (χ1n) is 4.11. The smallest absolute Gasteiger partial charge is 0.210 e. The molecule has 0 aliphatic carbocycles. The van der Waals surface area contributed by atoms with E-state index in [1.807, 2.05) is 0 Å². The molecule has 0 fully saturated rings. The zero-order chi connectivity index (χ0) is 8.43. The van der Waals surface area contributed by atoms with Crippen molar-refractivity contribution in [3.05, 3.63) is 0 Å². The number of hydrogen-bond acceptors (Lipinski definition) is 3. The highest BCUT2D eigenvalue weighted by molar-refractivity contribution is 5.78. The lowest BCUT2D eigenvalue weighted by atomic mass is 10.2. The maximum atomic E-state index is 5.52. The van der Waals surface area contributed by atoms with Gasteiger partial charge in [0.15, 0.2) is 6.23 Å². The molecule has 1 rings (SSSR count). The fraction of sp³-hybridized carbons (Fsp3) is 0.875. The minimum Gasteiger partial charge on any atom is -0.454 e. The fourth-order valence-corrected chi connectivity index (χ4v) is 0.860. The van der Waals surface area contributed by atoms with E-state index in [2.05, 4.69) is 38.2 Å². The summed E-state index contributed by atoms with van der Waals surface area (Å²) in [6.45, 7) is 8.36. The average Bonchev–Trinajstić information content (AvgIpc) is 2.33. The van der Waals surface area contributed by atoms with Crippen molar-refractivity contribution in [1.82, 2.24) is 5.43 Å². The van der Waals surface area contributed by atoms with Gasteiger partial charge in [-0.3, -0.25) is 5.43 Å². The molecule has 1 atom stereocenters. The normalized spacial score (nSPS) is 23.5. The summed E-state index contributed by atoms with van der Waals surface area (Å²) >= 11 is 0. The van der Waals surface area contributed by atoms with Gasteiger partial charge in [-0.1, -0.05) is 27.7 Å². The van der Waals surface area contributed by atoms with Crippen LogP contribution in [-0.2, 0) is 4.74 Å². The van der Waals surface area contributed by atoms with Crippen LogP contribution in [0.25, 0.3) is 0 Å². The lowest BCUT2D eigenvalue weighted by molar-refractivity contribution is 0.129. The summed E-state index contributed by atoms with van der Waals surface area (Å²) in [5.74, 6) is 1.67. The third-order valence-corrected chi connectivity index (χ3v) is 1.65. The first-order valence-corrected chi connectivity index (χ1v) is 4.11. The molecule has 64 valence electrons. The number of rotatable bonds is 2. The summed E-state index contributed by atoms with van der Waals surface area (Å²) in [6.07, 6.45) is 0.0763. The molecule has 3 nitrogen and oxygen atoms in total. The Hall–Kier alpha value is -0.730. The molecule has 0 radical (unpaired) electrons. The maximum absolute atomic E-state index is 5.52. The quantitative estimate of drug-likeness (QED) is 0.658. The summed E-state index contributed by atoms with van der Waals surface area (Å²) in [4.78, 5) is 0. The highest BCUT2D eigenvalue weighted by atomic mass is 16.5. The van der Waals surface area contributed by atoms with E-state index in [0.29, 0.717) is 11.8 Å². The summed E-state index contributed by atoms with van der Waals surface area (Å²) in [5.41, 5.74) is 2.95. The zero-order valence-electron chi connectivity index (χ0n) is 7.59. The van der Waals surface area contributed by atoms with Crippen molar-refractivity contribution < 1.29 is 4.74 Å². The second-order valence-electron chi connectivity index (χ2n) is 3.52. The van der Waals surface area contributed by atoms with Gasteiger partial charge in [-0.25, -0.2) is 0 Å². The van der Waals surface area contributed by atoms with E-state index in [-0.39, 0.29) is 6.23 Å². The van der Waals surface area contributed by atoms with Crippen molar-refractivity contribution in [2.45, 2.75) is 33.9 Å². The van der Waals surface area contributed by atoms with Crippen molar-refractivity contribution >= 4 is 5.90 Å². The molecule has 3 heteroatoms. The topological polar surface area (TPSA) is 33.6 Å². The van der Waals surface area contributed by atoms with Crippen molar-refractivity contribution in [1.29, 1.82) is 0 Å². The third-order valence-electron chi connectivity index (χ3n) is 1.65. The number of hydrazone groups is 1. The Morgan fingerprint density at radius 2 is 2.00 bits per heavy atom. The predicted molar refractivity (Wildman–Crippen MR) is 45.1 cm³/mol. The van der Waals surface area contributed by atoms with Gasteiger partial charge in [-0.2, -0.15) is 0 Å². The van der Waals surface area contributed by atoms with E-state index in [0.717, 1.165) is 5.90 Å². The molecule has 0 bridgehead atoms. The Morgan fingerprint density at radius 3 is 2.27 bits per heavy atom. The standard InChI is InChI=1S/C8H16N2O/c1-5(2)7-9-10-8(11-7)6(3)4/h5-7,9H,1-4H3. The zero-order valence-corrected chi connectivity index (χ0v) is 7.59. The highest BCUT2D eigenvalue weighted by Crippen LogP contribution is 2.12. The molecule has 0 saturated heterocycles. The molecule has 0 aromatic rings. The van der Waals surface area contributed by atoms with Gasteiger partial charge < -0.3 is 4.74 Å². The minimum absolute atomic E-state index is 0.0763. The molecular weight excluding hydrogens is 140 g/mol. The van der Waals surface area contributed by atoms with Crippen molar-refractivity contribution in [2.24, 2.45) is 16.9 Å². The van der Waals surface area contributed by atoms with E-state index < -0.39 is 0 Å². The number of nitrogens with zero attached hydrogens (tertiary/aromatic N) is 1. The number of ether oxygens (including phenoxy) is 1. The third kappa shape index (κ3) is 1.85. The molecule has 1 aliphatic rings. The Morgan fingerprint density at radius 1 is 1.36 bits per heavy atom. The van der Waals surface area contributed by atoms with Gasteiger partial charge in [-0.15, -0.1) is 5.10 Å². The van der Waals surface area contributed by atoms with E-state index in [9.17, 15) is 0 Å². The van der Waals surface area contributed by atoms with Gasteiger partial charge in [0.05, 0.1) is 0 Å². The molecule has 0 spiro atoms. The first-order chi connectivity index (χ1) is 5.11. The molecule has 0 saturated carbocycles. The van der Waals surface area contributed by atoms with Crippen molar-refractivity contribution in [2.75, 3.05) is 0 Å². The average molecular weight is 156 g/mol. The maximum Gasteiger partial charge on any atom is 0.210 e. The molecular formula is C8H16N2O. The van der Waals surface area contributed by atoms with Gasteiger partial charge in [0, 0.05) is 11.8 Å². The Labute approximate surface area is 67.8 Å². The largest absolute Gasteiger partial charge is 0.454 e. The van der Waals surface area contributed by atoms with E-state index in [1.54, 1.807) is 0 Å². The Kier molecular flexibility index (Phi) is 2.37. The van der Waals surface area contributed by atoms with Gasteiger partial charge in [0.2, 0.25) is 5.90 Å². The van der Waals surface area contributed by atoms with Crippen LogP contribution in [0.4, 0.5) is 0 Å². The van der Waals surface area contributed by atoms with Crippen LogP contribution in [-0.4, -0.2) is 12.1 Å². The monoisotopic (exact) mass is 156 g/mol. The molecule has 1 aliphatic heterocycles. The van der Waals surface area contributed by atoms with Gasteiger partial charge in [-0.05, 0) is 0 Å². The number of nitrogens with one attached hydrogen (secondary N) is 1. The second-order valence-corrected chi connectivity index (χ2v) is 3.52. The second kappa shape index (κ2) is 3.11. The predicted octanol–water partition coefficient (Wildman–Crippen LogP) is 1.56. The molecule has 1 unspecified atom stereocenters. The molecule has 1 N–H and O–H groups in total. The summed E-state index contributed by atoms with van der Waals surface area (Å²) in [6, 6.07) is 0. The Balaban J connectivity index is 2.43. The molecule has 0 aromatic carbocycles. The van der Waals surface area contributed by atoms with E-state index in [4.69, 9.17) is 4.74 Å². The van der Waals surface area contributed by atoms with Crippen LogP contribution in [0.15, 0.2) is 5.10 Å². The molecule has 11 heavy (non-hydrogen) atoms. The lowest BCUT2D eigenvalue weighted by Crippen LogP contribution is -2.28. The van der Waals surface area contributed by atoms with Crippen LogP contribution in [0.1, 0.15) is 27.7 Å². The van der Waals surface area contributed by atoms with Crippen LogP contribution in [0, 0.1) is 11.8 Å². The fourth-order valence-electron chi connectivity index (χ4n) is 0.860.